The monoisotopic (exact) mass is 367 g/mol. The van der Waals surface area contributed by atoms with E-state index in [1.807, 2.05) is 31.9 Å². The van der Waals surface area contributed by atoms with E-state index in [4.69, 9.17) is 4.74 Å². The third-order valence-electron chi connectivity index (χ3n) is 5.52. The van der Waals surface area contributed by atoms with Gasteiger partial charge in [-0.05, 0) is 64.4 Å². The van der Waals surface area contributed by atoms with E-state index in [1.165, 1.54) is 18.4 Å². The molecule has 2 atom stereocenters. The highest BCUT2D eigenvalue weighted by molar-refractivity contribution is 5.69. The Balaban J connectivity index is 1.57. The zero-order valence-corrected chi connectivity index (χ0v) is 16.7. The van der Waals surface area contributed by atoms with Crippen molar-refractivity contribution in [1.29, 1.82) is 0 Å². The number of hydrogen-bond acceptors (Lipinski definition) is 3. The summed E-state index contributed by atoms with van der Waals surface area (Å²) in [6.07, 6.45) is 5.17. The van der Waals surface area contributed by atoms with Crippen molar-refractivity contribution in [3.05, 3.63) is 41.9 Å². The van der Waals surface area contributed by atoms with E-state index in [-0.39, 0.29) is 12.1 Å². The summed E-state index contributed by atoms with van der Waals surface area (Å²) in [7, 11) is 0. The maximum atomic E-state index is 12.8. The van der Waals surface area contributed by atoms with E-state index >= 15 is 0 Å². The van der Waals surface area contributed by atoms with E-state index in [9.17, 15) is 4.79 Å². The molecule has 1 aliphatic carbocycles. The molecule has 0 bridgehead atoms. The minimum atomic E-state index is -0.491. The van der Waals surface area contributed by atoms with Crippen LogP contribution < -0.4 is 0 Å². The molecule has 5 nitrogen and oxygen atoms in total. The number of hydrogen-bond donors (Lipinski definition) is 1. The van der Waals surface area contributed by atoms with E-state index in [1.54, 1.807) is 0 Å². The number of aryl methyl sites for hydroxylation is 1. The second-order valence-corrected chi connectivity index (χ2v) is 9.03. The van der Waals surface area contributed by atoms with Crippen LogP contribution >= 0.6 is 0 Å². The molecule has 1 aromatic heterocycles. The number of carbonyl (C=O) groups excluding carboxylic acids is 1. The van der Waals surface area contributed by atoms with Gasteiger partial charge in [0.2, 0.25) is 0 Å². The summed E-state index contributed by atoms with van der Waals surface area (Å²) in [5.74, 6) is 2.17. The molecule has 1 saturated heterocycles. The predicted molar refractivity (Wildman–Crippen MR) is 105 cm³/mol. The summed E-state index contributed by atoms with van der Waals surface area (Å²) in [6, 6.07) is 8.35. The number of carbonyl (C=O) groups is 1. The summed E-state index contributed by atoms with van der Waals surface area (Å²) in [6.45, 7) is 8.59. The molecule has 0 spiro atoms. The molecule has 1 N–H and O–H groups in total. The number of aromatic amines is 1. The lowest BCUT2D eigenvalue weighted by atomic mass is 10.0. The summed E-state index contributed by atoms with van der Waals surface area (Å²) in [5.41, 5.74) is 2.84. The molecular formula is C22H29N3O2. The lowest BCUT2D eigenvalue weighted by Gasteiger charge is -2.27. The lowest BCUT2D eigenvalue weighted by molar-refractivity contribution is 0.0213. The van der Waals surface area contributed by atoms with Crippen LogP contribution in [0.4, 0.5) is 4.79 Å². The Bertz CT molecular complexity index is 815. The van der Waals surface area contributed by atoms with Crippen molar-refractivity contribution < 1.29 is 9.53 Å². The van der Waals surface area contributed by atoms with Crippen LogP contribution in [0.25, 0.3) is 11.3 Å². The number of nitrogens with one attached hydrogen (secondary N) is 1. The molecule has 2 heterocycles. The Morgan fingerprint density at radius 2 is 1.89 bits per heavy atom. The Kier molecular flexibility index (Phi) is 4.49. The fraction of sp³-hybridized carbons (Fsp3) is 0.545. The third-order valence-corrected chi connectivity index (χ3v) is 5.52. The van der Waals surface area contributed by atoms with Crippen LogP contribution in [0.1, 0.15) is 57.5 Å². The van der Waals surface area contributed by atoms with Crippen molar-refractivity contribution in [1.82, 2.24) is 14.9 Å². The van der Waals surface area contributed by atoms with Crippen LogP contribution in [0, 0.1) is 18.8 Å². The minimum Gasteiger partial charge on any atom is -0.444 e. The number of ether oxygens (including phenoxy) is 1. The SMILES string of the molecule is Cc1ccc(-c2cnc([C@@H]3C[C@H](C4CC4)CN3C(=O)OC(C)(C)C)[nH]2)cc1. The molecule has 144 valence electrons. The van der Waals surface area contributed by atoms with Gasteiger partial charge < -0.3 is 9.72 Å². The first kappa shape index (κ1) is 18.1. The van der Waals surface area contributed by atoms with E-state index in [2.05, 4.69) is 41.2 Å². The Labute approximate surface area is 161 Å². The number of amides is 1. The molecular weight excluding hydrogens is 338 g/mol. The smallest absolute Gasteiger partial charge is 0.410 e. The standard InChI is InChI=1S/C22H29N3O2/c1-14-5-7-16(8-6-14)18-12-23-20(24-18)19-11-17(15-9-10-15)13-25(19)21(26)27-22(2,3)4/h5-8,12,15,17,19H,9-11,13H2,1-4H3,(H,23,24)/t17-,19-/m0/s1. The number of imidazole rings is 1. The van der Waals surface area contributed by atoms with Crippen LogP contribution in [0.3, 0.4) is 0 Å². The summed E-state index contributed by atoms with van der Waals surface area (Å²) < 4.78 is 5.67. The van der Waals surface area contributed by atoms with Crippen molar-refractivity contribution >= 4 is 6.09 Å². The lowest BCUT2D eigenvalue weighted by Crippen LogP contribution is -2.37. The minimum absolute atomic E-state index is 0.0374. The quantitative estimate of drug-likeness (QED) is 0.822. The highest BCUT2D eigenvalue weighted by Gasteiger charge is 2.45. The fourth-order valence-corrected chi connectivity index (χ4v) is 3.94. The molecule has 2 fully saturated rings. The summed E-state index contributed by atoms with van der Waals surface area (Å²) >= 11 is 0. The molecule has 0 radical (unpaired) electrons. The molecule has 4 rings (SSSR count). The van der Waals surface area contributed by atoms with Gasteiger partial charge in [0.25, 0.3) is 0 Å². The Hall–Kier alpha value is -2.30. The van der Waals surface area contributed by atoms with Crippen LogP contribution in [0.15, 0.2) is 30.5 Å². The maximum Gasteiger partial charge on any atom is 0.410 e. The van der Waals surface area contributed by atoms with E-state index in [0.29, 0.717) is 5.92 Å². The highest BCUT2D eigenvalue weighted by Crippen LogP contribution is 2.47. The average molecular weight is 367 g/mol. The van der Waals surface area contributed by atoms with E-state index in [0.717, 1.165) is 36.0 Å². The van der Waals surface area contributed by atoms with Crippen LogP contribution in [-0.4, -0.2) is 33.1 Å². The summed E-state index contributed by atoms with van der Waals surface area (Å²) in [4.78, 5) is 22.8. The van der Waals surface area contributed by atoms with Crippen molar-refractivity contribution in [2.45, 2.75) is 58.6 Å². The molecule has 1 aromatic carbocycles. The zero-order valence-electron chi connectivity index (χ0n) is 16.7. The normalized spacial score (nSPS) is 22.9. The average Bonchev–Trinajstić information content (AvgIpc) is 3.16. The highest BCUT2D eigenvalue weighted by atomic mass is 16.6. The molecule has 1 saturated carbocycles. The van der Waals surface area contributed by atoms with E-state index < -0.39 is 5.60 Å². The van der Waals surface area contributed by atoms with Gasteiger partial charge in [-0.3, -0.25) is 4.90 Å². The van der Waals surface area contributed by atoms with Crippen molar-refractivity contribution in [3.8, 4) is 11.3 Å². The fourth-order valence-electron chi connectivity index (χ4n) is 3.94. The summed E-state index contributed by atoms with van der Waals surface area (Å²) in [5, 5.41) is 0. The van der Waals surface area contributed by atoms with Gasteiger partial charge in [0, 0.05) is 6.54 Å². The first-order chi connectivity index (χ1) is 12.8. The topological polar surface area (TPSA) is 58.2 Å². The number of nitrogens with zero attached hydrogens (tertiary/aromatic N) is 2. The number of aromatic nitrogens is 2. The van der Waals surface area contributed by atoms with Gasteiger partial charge in [0.15, 0.2) is 0 Å². The predicted octanol–water partition coefficient (Wildman–Crippen LogP) is 5.09. The molecule has 27 heavy (non-hydrogen) atoms. The number of benzene rings is 1. The first-order valence-electron chi connectivity index (χ1n) is 9.92. The Morgan fingerprint density at radius 1 is 1.19 bits per heavy atom. The van der Waals surface area contributed by atoms with Gasteiger partial charge in [-0.25, -0.2) is 9.78 Å². The molecule has 1 amide bonds. The van der Waals surface area contributed by atoms with Crippen LogP contribution in [0.5, 0.6) is 0 Å². The molecule has 2 aromatic rings. The van der Waals surface area contributed by atoms with Crippen LogP contribution in [-0.2, 0) is 4.74 Å². The van der Waals surface area contributed by atoms with Crippen molar-refractivity contribution in [2.24, 2.45) is 11.8 Å². The largest absolute Gasteiger partial charge is 0.444 e. The van der Waals surface area contributed by atoms with Crippen LogP contribution in [0.2, 0.25) is 0 Å². The number of likely N-dealkylation sites (tertiary alicyclic amines) is 1. The zero-order chi connectivity index (χ0) is 19.2. The second-order valence-electron chi connectivity index (χ2n) is 9.03. The first-order valence-corrected chi connectivity index (χ1v) is 9.92. The van der Waals surface area contributed by atoms with Crippen molar-refractivity contribution in [3.63, 3.8) is 0 Å². The maximum absolute atomic E-state index is 12.8. The van der Waals surface area contributed by atoms with Gasteiger partial charge in [0.1, 0.15) is 11.4 Å². The van der Waals surface area contributed by atoms with Crippen molar-refractivity contribution in [2.75, 3.05) is 6.54 Å². The van der Waals surface area contributed by atoms with Gasteiger partial charge in [-0.2, -0.15) is 0 Å². The number of rotatable bonds is 3. The molecule has 2 aliphatic rings. The third kappa shape index (κ3) is 4.02. The molecule has 1 aliphatic heterocycles. The second kappa shape index (κ2) is 6.70. The van der Waals surface area contributed by atoms with Gasteiger partial charge in [-0.15, -0.1) is 0 Å². The molecule has 5 heteroatoms. The number of H-pyrrole nitrogens is 1. The van der Waals surface area contributed by atoms with Gasteiger partial charge >= 0.3 is 6.09 Å². The Morgan fingerprint density at radius 3 is 2.52 bits per heavy atom. The van der Waals surface area contributed by atoms with Gasteiger partial charge in [-0.1, -0.05) is 29.8 Å². The van der Waals surface area contributed by atoms with Gasteiger partial charge in [0.05, 0.1) is 17.9 Å². The molecule has 0 unspecified atom stereocenters.